The van der Waals surface area contributed by atoms with Crippen LogP contribution in [0, 0.1) is 6.92 Å². The number of ether oxygens (including phenoxy) is 1. The van der Waals surface area contributed by atoms with Crippen LogP contribution in [-0.4, -0.2) is 21.6 Å². The Balaban J connectivity index is 2.08. The molecule has 2 N–H and O–H groups in total. The van der Waals surface area contributed by atoms with Gasteiger partial charge in [0.25, 0.3) is 0 Å². The van der Waals surface area contributed by atoms with Gasteiger partial charge in [0.05, 0.1) is 12.5 Å². The number of nitrogen functional groups attached to an aromatic ring is 1. The minimum absolute atomic E-state index is 0.138. The van der Waals surface area contributed by atoms with E-state index in [1.807, 2.05) is 25.1 Å². The summed E-state index contributed by atoms with van der Waals surface area (Å²) < 4.78 is 5.63. The molecule has 0 spiro atoms. The molecule has 2 heterocycles. The van der Waals surface area contributed by atoms with Gasteiger partial charge in [-0.3, -0.25) is 0 Å². The second-order valence-corrected chi connectivity index (χ2v) is 4.33. The van der Waals surface area contributed by atoms with Crippen molar-refractivity contribution in [2.75, 3.05) is 12.3 Å². The van der Waals surface area contributed by atoms with Crippen molar-refractivity contribution in [3.05, 3.63) is 41.5 Å². The van der Waals surface area contributed by atoms with E-state index in [0.29, 0.717) is 12.4 Å². The molecule has 0 saturated heterocycles. The lowest BCUT2D eigenvalue weighted by Crippen LogP contribution is -2.18. The molecule has 3 rings (SSSR count). The average molecular weight is 242 g/mol. The summed E-state index contributed by atoms with van der Waals surface area (Å²) in [5, 5.41) is 0. The van der Waals surface area contributed by atoms with Crippen molar-refractivity contribution in [2.45, 2.75) is 19.3 Å². The summed E-state index contributed by atoms with van der Waals surface area (Å²) in [5.41, 5.74) is 6.81. The molecule has 1 atom stereocenters. The van der Waals surface area contributed by atoms with Gasteiger partial charge in [0, 0.05) is 5.56 Å². The molecule has 92 valence electrons. The molecule has 1 aromatic carbocycles. The number of anilines is 1. The SMILES string of the molecule is Cc1nc(N)nc(C2CCOc3ccccc32)n1. The molecule has 1 aliphatic rings. The highest BCUT2D eigenvalue weighted by Crippen LogP contribution is 2.36. The topological polar surface area (TPSA) is 73.9 Å². The number of hydrogen-bond acceptors (Lipinski definition) is 5. The third kappa shape index (κ3) is 1.88. The van der Waals surface area contributed by atoms with Crippen LogP contribution in [0.1, 0.15) is 29.6 Å². The maximum absolute atomic E-state index is 5.69. The molecule has 0 saturated carbocycles. The number of fused-ring (bicyclic) bond motifs is 1. The Kier molecular flexibility index (Phi) is 2.59. The van der Waals surface area contributed by atoms with Crippen LogP contribution in [-0.2, 0) is 0 Å². The van der Waals surface area contributed by atoms with Gasteiger partial charge in [0.1, 0.15) is 17.4 Å². The number of aryl methyl sites for hydroxylation is 1. The van der Waals surface area contributed by atoms with Gasteiger partial charge < -0.3 is 10.5 Å². The van der Waals surface area contributed by atoms with Crippen LogP contribution in [0.15, 0.2) is 24.3 Å². The fraction of sp³-hybridized carbons (Fsp3) is 0.308. The molecule has 0 fully saturated rings. The Labute approximate surface area is 105 Å². The molecular weight excluding hydrogens is 228 g/mol. The molecular formula is C13H14N4O. The Bertz CT molecular complexity index is 565. The van der Waals surface area contributed by atoms with Crippen molar-refractivity contribution in [2.24, 2.45) is 0 Å². The predicted molar refractivity (Wildman–Crippen MR) is 67.4 cm³/mol. The first-order chi connectivity index (χ1) is 8.74. The van der Waals surface area contributed by atoms with Crippen LogP contribution in [0.5, 0.6) is 5.75 Å². The Morgan fingerprint density at radius 1 is 1.22 bits per heavy atom. The fourth-order valence-electron chi connectivity index (χ4n) is 2.29. The number of para-hydroxylation sites is 1. The second kappa shape index (κ2) is 4.25. The first-order valence-electron chi connectivity index (χ1n) is 5.94. The minimum atomic E-state index is 0.138. The molecule has 2 aromatic rings. The van der Waals surface area contributed by atoms with Crippen LogP contribution in [0.2, 0.25) is 0 Å². The number of aromatic nitrogens is 3. The molecule has 1 unspecified atom stereocenters. The largest absolute Gasteiger partial charge is 0.493 e. The summed E-state index contributed by atoms with van der Waals surface area (Å²) in [4.78, 5) is 12.7. The van der Waals surface area contributed by atoms with E-state index in [9.17, 15) is 0 Å². The zero-order valence-electron chi connectivity index (χ0n) is 10.1. The van der Waals surface area contributed by atoms with Crippen LogP contribution in [0.4, 0.5) is 5.95 Å². The van der Waals surface area contributed by atoms with E-state index >= 15 is 0 Å². The maximum atomic E-state index is 5.69. The van der Waals surface area contributed by atoms with Crippen molar-refractivity contribution >= 4 is 5.95 Å². The lowest BCUT2D eigenvalue weighted by molar-refractivity contribution is 0.274. The molecule has 1 aromatic heterocycles. The Morgan fingerprint density at radius 3 is 2.89 bits per heavy atom. The Hall–Kier alpha value is -2.17. The molecule has 5 heteroatoms. The zero-order chi connectivity index (χ0) is 12.5. The lowest BCUT2D eigenvalue weighted by Gasteiger charge is -2.24. The lowest BCUT2D eigenvalue weighted by atomic mass is 9.92. The van der Waals surface area contributed by atoms with Gasteiger partial charge in [-0.25, -0.2) is 4.98 Å². The molecule has 5 nitrogen and oxygen atoms in total. The second-order valence-electron chi connectivity index (χ2n) is 4.33. The first-order valence-corrected chi connectivity index (χ1v) is 5.94. The molecule has 0 bridgehead atoms. The summed E-state index contributed by atoms with van der Waals surface area (Å²) in [7, 11) is 0. The summed E-state index contributed by atoms with van der Waals surface area (Å²) in [5.74, 6) is 2.71. The van der Waals surface area contributed by atoms with Crippen molar-refractivity contribution in [3.8, 4) is 5.75 Å². The number of hydrogen-bond donors (Lipinski definition) is 1. The van der Waals surface area contributed by atoms with Gasteiger partial charge in [-0.15, -0.1) is 0 Å². The van der Waals surface area contributed by atoms with Gasteiger partial charge in [-0.2, -0.15) is 9.97 Å². The molecule has 1 aliphatic heterocycles. The molecule has 18 heavy (non-hydrogen) atoms. The molecule has 0 radical (unpaired) electrons. The van der Waals surface area contributed by atoms with Crippen LogP contribution < -0.4 is 10.5 Å². The number of rotatable bonds is 1. The highest BCUT2D eigenvalue weighted by molar-refractivity contribution is 5.41. The van der Waals surface area contributed by atoms with Gasteiger partial charge in [-0.05, 0) is 19.4 Å². The van der Waals surface area contributed by atoms with Crippen LogP contribution in [0.3, 0.4) is 0 Å². The predicted octanol–water partition coefficient (Wildman–Crippen LogP) is 1.68. The van der Waals surface area contributed by atoms with Crippen molar-refractivity contribution < 1.29 is 4.74 Å². The fourth-order valence-corrected chi connectivity index (χ4v) is 2.29. The van der Waals surface area contributed by atoms with Crippen molar-refractivity contribution in [1.82, 2.24) is 15.0 Å². The Morgan fingerprint density at radius 2 is 2.06 bits per heavy atom. The molecule has 0 aliphatic carbocycles. The van der Waals surface area contributed by atoms with Gasteiger partial charge in [0.2, 0.25) is 5.95 Å². The van der Waals surface area contributed by atoms with E-state index in [1.165, 1.54) is 0 Å². The third-order valence-electron chi connectivity index (χ3n) is 3.05. The highest BCUT2D eigenvalue weighted by Gasteiger charge is 2.25. The average Bonchev–Trinajstić information content (AvgIpc) is 2.37. The third-order valence-corrected chi connectivity index (χ3v) is 3.05. The zero-order valence-corrected chi connectivity index (χ0v) is 10.1. The number of nitrogens with zero attached hydrogens (tertiary/aromatic N) is 3. The van der Waals surface area contributed by atoms with Crippen molar-refractivity contribution in [3.63, 3.8) is 0 Å². The van der Waals surface area contributed by atoms with Gasteiger partial charge in [-0.1, -0.05) is 18.2 Å². The number of benzene rings is 1. The number of nitrogens with two attached hydrogens (primary N) is 1. The quantitative estimate of drug-likeness (QED) is 0.823. The summed E-state index contributed by atoms with van der Waals surface area (Å²) in [6, 6.07) is 7.99. The van der Waals surface area contributed by atoms with E-state index in [4.69, 9.17) is 10.5 Å². The highest BCUT2D eigenvalue weighted by atomic mass is 16.5. The smallest absolute Gasteiger partial charge is 0.223 e. The minimum Gasteiger partial charge on any atom is -0.493 e. The van der Waals surface area contributed by atoms with Crippen molar-refractivity contribution in [1.29, 1.82) is 0 Å². The summed E-state index contributed by atoms with van der Waals surface area (Å²) >= 11 is 0. The first kappa shape index (κ1) is 11.0. The monoisotopic (exact) mass is 242 g/mol. The van der Waals surface area contributed by atoms with E-state index in [2.05, 4.69) is 21.0 Å². The maximum Gasteiger partial charge on any atom is 0.223 e. The van der Waals surface area contributed by atoms with E-state index < -0.39 is 0 Å². The normalized spacial score (nSPS) is 17.9. The summed E-state index contributed by atoms with van der Waals surface area (Å²) in [6.45, 7) is 2.50. The van der Waals surface area contributed by atoms with Crippen LogP contribution in [0.25, 0.3) is 0 Å². The summed E-state index contributed by atoms with van der Waals surface area (Å²) in [6.07, 6.45) is 0.861. The van der Waals surface area contributed by atoms with E-state index in [1.54, 1.807) is 0 Å². The van der Waals surface area contributed by atoms with E-state index in [-0.39, 0.29) is 11.9 Å². The van der Waals surface area contributed by atoms with E-state index in [0.717, 1.165) is 23.6 Å². The van der Waals surface area contributed by atoms with Gasteiger partial charge in [0.15, 0.2) is 0 Å². The standard InChI is InChI=1S/C13H14N4O/c1-8-15-12(17-13(14)16-8)10-6-7-18-11-5-3-2-4-9(10)11/h2-5,10H,6-7H2,1H3,(H2,14,15,16,17). The van der Waals surface area contributed by atoms with Gasteiger partial charge >= 0.3 is 0 Å². The van der Waals surface area contributed by atoms with Crippen LogP contribution >= 0.6 is 0 Å². The molecule has 0 amide bonds.